The Hall–Kier alpha value is -3.28. The zero-order chi connectivity index (χ0) is 19.5. The average molecular weight is 377 g/mol. The van der Waals surface area contributed by atoms with Gasteiger partial charge >= 0.3 is 6.09 Å². The first-order valence-corrected chi connectivity index (χ1v) is 9.36. The molecule has 0 saturated carbocycles. The number of rotatable bonds is 6. The highest BCUT2D eigenvalue weighted by Gasteiger charge is 2.27. The number of carbonyl (C=O) groups excluding carboxylic acids is 1. The first kappa shape index (κ1) is 18.1. The number of benzene rings is 2. The number of ether oxygens (including phenoxy) is 2. The number of nitrogens with one attached hydrogen (secondary N) is 1. The molecule has 1 N–H and O–H groups in total. The van der Waals surface area contributed by atoms with Crippen LogP contribution in [0.3, 0.4) is 0 Å². The maximum Gasteiger partial charge on any atom is 0.410 e. The van der Waals surface area contributed by atoms with Crippen LogP contribution in [0.4, 0.5) is 4.79 Å². The Morgan fingerprint density at radius 3 is 2.57 bits per heavy atom. The second-order valence-electron chi connectivity index (χ2n) is 7.08. The molecule has 1 amide bonds. The van der Waals surface area contributed by atoms with E-state index in [0.717, 1.165) is 28.1 Å². The predicted octanol–water partition coefficient (Wildman–Crippen LogP) is 4.23. The predicted molar refractivity (Wildman–Crippen MR) is 105 cm³/mol. The van der Waals surface area contributed by atoms with Crippen LogP contribution in [0.1, 0.15) is 35.4 Å². The Balaban J connectivity index is 1.51. The minimum Gasteiger partial charge on any atom is -0.481 e. The molecule has 144 valence electrons. The van der Waals surface area contributed by atoms with Gasteiger partial charge in [0.05, 0.1) is 12.7 Å². The van der Waals surface area contributed by atoms with Crippen molar-refractivity contribution in [2.75, 3.05) is 6.54 Å². The van der Waals surface area contributed by atoms with Gasteiger partial charge in [0.1, 0.15) is 11.9 Å². The maximum absolute atomic E-state index is 11.8. The number of hydrogen-bond donors (Lipinski definition) is 1. The van der Waals surface area contributed by atoms with Gasteiger partial charge in [-0.25, -0.2) is 4.79 Å². The largest absolute Gasteiger partial charge is 0.481 e. The lowest BCUT2D eigenvalue weighted by Gasteiger charge is -2.20. The van der Waals surface area contributed by atoms with Gasteiger partial charge in [-0.05, 0) is 37.1 Å². The molecule has 1 aliphatic rings. The van der Waals surface area contributed by atoms with Gasteiger partial charge in [-0.15, -0.1) is 0 Å². The zero-order valence-electron chi connectivity index (χ0n) is 16.0. The van der Waals surface area contributed by atoms with E-state index in [-0.39, 0.29) is 18.3 Å². The molecule has 4 rings (SSSR count). The van der Waals surface area contributed by atoms with Crippen LogP contribution in [-0.2, 0) is 11.3 Å². The van der Waals surface area contributed by atoms with Gasteiger partial charge in [0, 0.05) is 17.8 Å². The Morgan fingerprint density at radius 2 is 1.96 bits per heavy atom. The second kappa shape index (κ2) is 7.76. The van der Waals surface area contributed by atoms with Gasteiger partial charge in [-0.1, -0.05) is 42.5 Å². The first-order chi connectivity index (χ1) is 13.6. The normalized spacial score (nSPS) is 17.4. The van der Waals surface area contributed by atoms with Crippen LogP contribution in [0.15, 0.2) is 60.8 Å². The molecule has 1 aliphatic heterocycles. The summed E-state index contributed by atoms with van der Waals surface area (Å²) in [6, 6.07) is 17.9. The number of carbonyl (C=O) groups is 1. The van der Waals surface area contributed by atoms with Crippen molar-refractivity contribution in [1.29, 1.82) is 0 Å². The molecular formula is C22H23N3O3. The maximum atomic E-state index is 11.8. The molecule has 6 nitrogen and oxygen atoms in total. The highest BCUT2D eigenvalue weighted by atomic mass is 16.6. The van der Waals surface area contributed by atoms with E-state index in [2.05, 4.69) is 10.2 Å². The number of nitrogens with zero attached hydrogens (tertiary/aromatic N) is 2. The first-order valence-electron chi connectivity index (χ1n) is 9.36. The summed E-state index contributed by atoms with van der Waals surface area (Å²) in [5, 5.41) is 7.12. The van der Waals surface area contributed by atoms with Gasteiger partial charge < -0.3 is 14.4 Å². The van der Waals surface area contributed by atoms with Crippen LogP contribution in [0, 0.1) is 6.92 Å². The van der Waals surface area contributed by atoms with Gasteiger partial charge in [0.2, 0.25) is 0 Å². The Labute approximate surface area is 164 Å². The number of H-pyrrole nitrogens is 1. The van der Waals surface area contributed by atoms with Crippen LogP contribution in [0.25, 0.3) is 0 Å². The van der Waals surface area contributed by atoms with Crippen molar-refractivity contribution in [1.82, 2.24) is 15.1 Å². The number of aryl methyl sites for hydroxylation is 1. The quantitative estimate of drug-likeness (QED) is 0.698. The van der Waals surface area contributed by atoms with Crippen LogP contribution in [0.5, 0.6) is 5.75 Å². The number of aromatic nitrogens is 2. The van der Waals surface area contributed by atoms with E-state index >= 15 is 0 Å². The van der Waals surface area contributed by atoms with Gasteiger partial charge in [-0.3, -0.25) is 5.10 Å². The Bertz CT molecular complexity index is 937. The molecule has 3 aromatic rings. The number of hydrogen-bond acceptors (Lipinski definition) is 4. The molecule has 6 heteroatoms. The highest BCUT2D eigenvalue weighted by molar-refractivity contribution is 5.69. The van der Waals surface area contributed by atoms with Crippen LogP contribution in [-0.4, -0.2) is 33.8 Å². The number of amides is 1. The molecule has 0 radical (unpaired) electrons. The van der Waals surface area contributed by atoms with Crippen LogP contribution >= 0.6 is 0 Å². The number of aromatic amines is 1. The summed E-state index contributed by atoms with van der Waals surface area (Å²) in [7, 11) is 0. The number of cyclic esters (lactones) is 1. The lowest BCUT2D eigenvalue weighted by molar-refractivity contribution is 0.137. The summed E-state index contributed by atoms with van der Waals surface area (Å²) in [5.74, 6) is 0.760. The molecule has 2 heterocycles. The molecule has 2 unspecified atom stereocenters. The van der Waals surface area contributed by atoms with Crippen molar-refractivity contribution in [3.8, 4) is 5.75 Å². The van der Waals surface area contributed by atoms with E-state index < -0.39 is 0 Å². The Kier molecular flexibility index (Phi) is 5.02. The van der Waals surface area contributed by atoms with Crippen molar-refractivity contribution >= 4 is 6.09 Å². The van der Waals surface area contributed by atoms with Crippen LogP contribution < -0.4 is 4.74 Å². The average Bonchev–Trinajstić information content (AvgIpc) is 3.26. The van der Waals surface area contributed by atoms with Crippen LogP contribution in [0.2, 0.25) is 0 Å². The van der Waals surface area contributed by atoms with Gasteiger partial charge in [-0.2, -0.15) is 5.10 Å². The molecule has 0 bridgehead atoms. The monoisotopic (exact) mass is 377 g/mol. The molecule has 1 fully saturated rings. The third-order valence-electron chi connectivity index (χ3n) is 4.84. The van der Waals surface area contributed by atoms with Gasteiger partial charge in [0.25, 0.3) is 0 Å². The third kappa shape index (κ3) is 3.86. The van der Waals surface area contributed by atoms with E-state index in [0.29, 0.717) is 13.1 Å². The Morgan fingerprint density at radius 1 is 1.21 bits per heavy atom. The third-order valence-corrected chi connectivity index (χ3v) is 4.84. The fraction of sp³-hybridized carbons (Fsp3) is 0.273. The lowest BCUT2D eigenvalue weighted by atomic mass is 10.0. The zero-order valence-corrected chi connectivity index (χ0v) is 16.0. The molecule has 2 atom stereocenters. The summed E-state index contributed by atoms with van der Waals surface area (Å²) in [5.41, 5.74) is 4.08. The highest BCUT2D eigenvalue weighted by Crippen LogP contribution is 2.30. The summed E-state index contributed by atoms with van der Waals surface area (Å²) >= 11 is 0. The molecular weight excluding hydrogens is 354 g/mol. The van der Waals surface area contributed by atoms with E-state index in [4.69, 9.17) is 9.47 Å². The van der Waals surface area contributed by atoms with E-state index in [1.54, 1.807) is 4.90 Å². The molecule has 1 saturated heterocycles. The minimum atomic E-state index is -0.257. The van der Waals surface area contributed by atoms with E-state index in [1.807, 2.05) is 74.6 Å². The van der Waals surface area contributed by atoms with Crippen molar-refractivity contribution in [2.24, 2.45) is 0 Å². The summed E-state index contributed by atoms with van der Waals surface area (Å²) in [6.07, 6.45) is 1.24. The summed E-state index contributed by atoms with van der Waals surface area (Å²) < 4.78 is 11.5. The van der Waals surface area contributed by atoms with Crippen molar-refractivity contribution in [2.45, 2.75) is 32.6 Å². The fourth-order valence-electron chi connectivity index (χ4n) is 3.39. The topological polar surface area (TPSA) is 67.4 Å². The van der Waals surface area contributed by atoms with Crippen molar-refractivity contribution < 1.29 is 14.3 Å². The van der Waals surface area contributed by atoms with Gasteiger partial charge in [0.15, 0.2) is 6.10 Å². The molecule has 0 spiro atoms. The standard InChI is InChI=1S/C22H23N3O3/c1-15-13-25(22(26)27-15)14-17-8-10-19(11-9-17)28-21(18-6-4-3-5-7-18)20-12-23-24-16(20)2/h3-12,15,21H,13-14H2,1-2H3,(H,23,24). The minimum absolute atomic E-state index is 0.0556. The smallest absolute Gasteiger partial charge is 0.410 e. The van der Waals surface area contributed by atoms with Crippen molar-refractivity contribution in [3.05, 3.63) is 83.2 Å². The second-order valence-corrected chi connectivity index (χ2v) is 7.08. The molecule has 28 heavy (non-hydrogen) atoms. The summed E-state index contributed by atoms with van der Waals surface area (Å²) in [4.78, 5) is 13.5. The molecule has 0 aliphatic carbocycles. The van der Waals surface area contributed by atoms with E-state index in [1.165, 1.54) is 0 Å². The van der Waals surface area contributed by atoms with E-state index in [9.17, 15) is 4.79 Å². The van der Waals surface area contributed by atoms with Crippen molar-refractivity contribution in [3.63, 3.8) is 0 Å². The fourth-order valence-corrected chi connectivity index (χ4v) is 3.39. The molecule has 2 aromatic carbocycles. The SMILES string of the molecule is Cc1[nH]ncc1C(Oc1ccc(CN2CC(C)OC2=O)cc1)c1ccccc1. The molecule has 1 aromatic heterocycles. The summed E-state index contributed by atoms with van der Waals surface area (Å²) in [6.45, 7) is 5.04. The lowest BCUT2D eigenvalue weighted by Crippen LogP contribution is -2.24.